The number of nitriles is 2. The summed E-state index contributed by atoms with van der Waals surface area (Å²) in [4.78, 5) is 14.2. The molecular weight excluding hydrogens is 226 g/mol. The number of pyridine rings is 1. The van der Waals surface area contributed by atoms with Crippen LogP contribution in [-0.2, 0) is 0 Å². The standard InChI is InChI=1S/C14H9N3O/c1-9-13(10-5-3-2-4-6-10)11(7-15)12(8-16)14(18)17-9/h2-6H,1H3,(H,17,18). The second-order valence-electron chi connectivity index (χ2n) is 3.79. The van der Waals surface area contributed by atoms with Crippen molar-refractivity contribution in [3.05, 3.63) is 57.5 Å². The van der Waals surface area contributed by atoms with Gasteiger partial charge in [0.2, 0.25) is 0 Å². The third-order valence-electron chi connectivity index (χ3n) is 2.69. The smallest absolute Gasteiger partial charge is 0.267 e. The van der Waals surface area contributed by atoms with Crippen LogP contribution >= 0.6 is 0 Å². The van der Waals surface area contributed by atoms with Crippen LogP contribution in [0, 0.1) is 29.6 Å². The number of aryl methyl sites for hydroxylation is 1. The van der Waals surface area contributed by atoms with E-state index in [1.807, 2.05) is 36.4 Å². The molecule has 18 heavy (non-hydrogen) atoms. The Bertz CT molecular complexity index is 731. The Labute approximate surface area is 104 Å². The van der Waals surface area contributed by atoms with Crippen molar-refractivity contribution in [3.8, 4) is 23.3 Å². The minimum absolute atomic E-state index is 0.130. The normalized spacial score (nSPS) is 9.50. The highest BCUT2D eigenvalue weighted by molar-refractivity contribution is 5.75. The van der Waals surface area contributed by atoms with Gasteiger partial charge in [-0.15, -0.1) is 0 Å². The summed E-state index contributed by atoms with van der Waals surface area (Å²) < 4.78 is 0. The lowest BCUT2D eigenvalue weighted by Gasteiger charge is -2.08. The van der Waals surface area contributed by atoms with E-state index in [4.69, 9.17) is 5.26 Å². The molecule has 0 bridgehead atoms. The van der Waals surface area contributed by atoms with Gasteiger partial charge in [0.25, 0.3) is 5.56 Å². The Morgan fingerprint density at radius 3 is 2.22 bits per heavy atom. The predicted molar refractivity (Wildman–Crippen MR) is 66.7 cm³/mol. The minimum Gasteiger partial charge on any atom is -0.325 e. The zero-order valence-electron chi connectivity index (χ0n) is 9.69. The average Bonchev–Trinajstić information content (AvgIpc) is 2.38. The summed E-state index contributed by atoms with van der Waals surface area (Å²) in [6.07, 6.45) is 0. The molecule has 4 nitrogen and oxygen atoms in total. The summed E-state index contributed by atoms with van der Waals surface area (Å²) in [6.45, 7) is 1.71. The van der Waals surface area contributed by atoms with Gasteiger partial charge in [0.05, 0.1) is 5.56 Å². The fourth-order valence-corrected chi connectivity index (χ4v) is 1.91. The second kappa shape index (κ2) is 4.57. The van der Waals surface area contributed by atoms with Crippen LogP contribution in [0.25, 0.3) is 11.1 Å². The van der Waals surface area contributed by atoms with Gasteiger partial charge in [-0.25, -0.2) is 0 Å². The topological polar surface area (TPSA) is 80.4 Å². The molecular formula is C14H9N3O. The number of benzene rings is 1. The second-order valence-corrected chi connectivity index (χ2v) is 3.79. The first kappa shape index (κ1) is 11.6. The van der Waals surface area contributed by atoms with Crippen LogP contribution in [0.2, 0.25) is 0 Å². The van der Waals surface area contributed by atoms with Crippen LogP contribution in [0.3, 0.4) is 0 Å². The molecule has 0 unspecified atom stereocenters. The van der Waals surface area contributed by atoms with Crippen LogP contribution in [-0.4, -0.2) is 4.98 Å². The first-order chi connectivity index (χ1) is 8.69. The molecule has 1 N–H and O–H groups in total. The number of rotatable bonds is 1. The van der Waals surface area contributed by atoms with Crippen LogP contribution in [0.4, 0.5) is 0 Å². The Kier molecular flexibility index (Phi) is 2.95. The first-order valence-corrected chi connectivity index (χ1v) is 5.31. The van der Waals surface area contributed by atoms with Crippen LogP contribution in [0.1, 0.15) is 16.8 Å². The third-order valence-corrected chi connectivity index (χ3v) is 2.69. The Morgan fingerprint density at radius 2 is 1.67 bits per heavy atom. The van der Waals surface area contributed by atoms with Crippen molar-refractivity contribution in [1.82, 2.24) is 4.98 Å². The van der Waals surface area contributed by atoms with E-state index in [1.165, 1.54) is 0 Å². The van der Waals surface area contributed by atoms with E-state index in [9.17, 15) is 10.1 Å². The van der Waals surface area contributed by atoms with Crippen LogP contribution in [0.15, 0.2) is 35.1 Å². The zero-order valence-corrected chi connectivity index (χ0v) is 9.69. The van der Waals surface area contributed by atoms with Crippen LogP contribution < -0.4 is 5.56 Å². The molecule has 86 valence electrons. The lowest BCUT2D eigenvalue weighted by atomic mass is 9.96. The molecule has 0 radical (unpaired) electrons. The molecule has 0 amide bonds. The van der Waals surface area contributed by atoms with Gasteiger partial charge < -0.3 is 4.98 Å². The van der Waals surface area contributed by atoms with Gasteiger partial charge >= 0.3 is 0 Å². The molecule has 0 spiro atoms. The van der Waals surface area contributed by atoms with Gasteiger partial charge in [0.15, 0.2) is 0 Å². The van der Waals surface area contributed by atoms with Crippen molar-refractivity contribution < 1.29 is 0 Å². The Balaban J connectivity index is 2.89. The lowest BCUT2D eigenvalue weighted by Crippen LogP contribution is -2.15. The highest BCUT2D eigenvalue weighted by atomic mass is 16.1. The van der Waals surface area contributed by atoms with Gasteiger partial charge in [0, 0.05) is 11.3 Å². The zero-order chi connectivity index (χ0) is 13.1. The number of nitrogens with zero attached hydrogens (tertiary/aromatic N) is 2. The van der Waals surface area contributed by atoms with Gasteiger partial charge in [0.1, 0.15) is 17.7 Å². The fourth-order valence-electron chi connectivity index (χ4n) is 1.91. The summed E-state index contributed by atoms with van der Waals surface area (Å²) >= 11 is 0. The number of nitrogens with one attached hydrogen (secondary N) is 1. The summed E-state index contributed by atoms with van der Waals surface area (Å²) in [5.41, 5.74) is 1.47. The van der Waals surface area contributed by atoms with Crippen molar-refractivity contribution in [3.63, 3.8) is 0 Å². The molecule has 0 aliphatic carbocycles. The summed E-state index contributed by atoms with van der Waals surface area (Å²) in [5.74, 6) is 0. The monoisotopic (exact) mass is 235 g/mol. The maximum absolute atomic E-state index is 11.6. The summed E-state index contributed by atoms with van der Waals surface area (Å²) in [5, 5.41) is 18.2. The third kappa shape index (κ3) is 1.77. The van der Waals surface area contributed by atoms with Crippen molar-refractivity contribution >= 4 is 0 Å². The lowest BCUT2D eigenvalue weighted by molar-refractivity contribution is 1.12. The van der Waals surface area contributed by atoms with Crippen molar-refractivity contribution in [2.45, 2.75) is 6.92 Å². The van der Waals surface area contributed by atoms with Gasteiger partial charge in [-0.2, -0.15) is 10.5 Å². The van der Waals surface area contributed by atoms with E-state index in [0.29, 0.717) is 11.3 Å². The van der Waals surface area contributed by atoms with Crippen molar-refractivity contribution in [2.75, 3.05) is 0 Å². The molecule has 0 saturated carbocycles. The summed E-state index contributed by atoms with van der Waals surface area (Å²) in [6, 6.07) is 13.0. The molecule has 0 aliphatic rings. The Hall–Kier alpha value is -2.85. The molecule has 1 aromatic heterocycles. The van der Waals surface area contributed by atoms with Crippen molar-refractivity contribution in [1.29, 1.82) is 10.5 Å². The van der Waals surface area contributed by atoms with E-state index < -0.39 is 5.56 Å². The largest absolute Gasteiger partial charge is 0.325 e. The van der Waals surface area contributed by atoms with Crippen molar-refractivity contribution in [2.24, 2.45) is 0 Å². The quantitative estimate of drug-likeness (QED) is 0.821. The minimum atomic E-state index is -0.522. The average molecular weight is 235 g/mol. The maximum atomic E-state index is 11.6. The molecule has 0 aliphatic heterocycles. The molecule has 4 heteroatoms. The maximum Gasteiger partial charge on any atom is 0.267 e. The van der Waals surface area contributed by atoms with Crippen LogP contribution in [0.5, 0.6) is 0 Å². The molecule has 2 aromatic rings. The van der Waals surface area contributed by atoms with E-state index >= 15 is 0 Å². The molecule has 1 heterocycles. The predicted octanol–water partition coefficient (Wildman–Crippen LogP) is 2.09. The molecule has 0 fully saturated rings. The number of H-pyrrole nitrogens is 1. The number of aromatic nitrogens is 1. The van der Waals surface area contributed by atoms with E-state index in [-0.39, 0.29) is 11.1 Å². The SMILES string of the molecule is Cc1[nH]c(=O)c(C#N)c(C#N)c1-c1ccccc1. The van der Waals surface area contributed by atoms with E-state index in [1.54, 1.807) is 13.0 Å². The first-order valence-electron chi connectivity index (χ1n) is 5.31. The highest BCUT2D eigenvalue weighted by Gasteiger charge is 2.16. The van der Waals surface area contributed by atoms with Gasteiger partial charge in [-0.05, 0) is 12.5 Å². The summed E-state index contributed by atoms with van der Waals surface area (Å²) in [7, 11) is 0. The van der Waals surface area contributed by atoms with Gasteiger partial charge in [-0.3, -0.25) is 4.79 Å². The highest BCUT2D eigenvalue weighted by Crippen LogP contribution is 2.26. The Morgan fingerprint density at radius 1 is 1.06 bits per heavy atom. The molecule has 1 aromatic carbocycles. The van der Waals surface area contributed by atoms with E-state index in [0.717, 1.165) is 5.56 Å². The van der Waals surface area contributed by atoms with Gasteiger partial charge in [-0.1, -0.05) is 30.3 Å². The molecule has 0 saturated heterocycles. The molecule has 0 atom stereocenters. The fraction of sp³-hybridized carbons (Fsp3) is 0.0714. The number of hydrogen-bond donors (Lipinski definition) is 1. The number of hydrogen-bond acceptors (Lipinski definition) is 3. The molecule has 2 rings (SSSR count). The number of aromatic amines is 1. The van der Waals surface area contributed by atoms with E-state index in [2.05, 4.69) is 4.98 Å².